The smallest absolute Gasteiger partial charge is 0.330 e. The molecule has 0 spiro atoms. The van der Waals surface area contributed by atoms with Gasteiger partial charge < -0.3 is 23.9 Å². The highest BCUT2D eigenvalue weighted by molar-refractivity contribution is 6.74. The lowest BCUT2D eigenvalue weighted by molar-refractivity contribution is -0.0793. The number of hydrogen-bond acceptors (Lipinski definition) is 7. The fourth-order valence-electron chi connectivity index (χ4n) is 4.21. The molecule has 0 aliphatic carbocycles. The molecule has 1 aliphatic rings. The molecule has 35 heavy (non-hydrogen) atoms. The van der Waals surface area contributed by atoms with Gasteiger partial charge in [0.15, 0.2) is 14.5 Å². The van der Waals surface area contributed by atoms with E-state index >= 15 is 0 Å². The Bertz CT molecular complexity index is 963. The van der Waals surface area contributed by atoms with Gasteiger partial charge in [-0.3, -0.25) is 14.3 Å². The van der Waals surface area contributed by atoms with Crippen molar-refractivity contribution in [1.29, 1.82) is 0 Å². The van der Waals surface area contributed by atoms with Gasteiger partial charge in [0.25, 0.3) is 5.56 Å². The van der Waals surface area contributed by atoms with Crippen molar-refractivity contribution in [3.63, 3.8) is 0 Å². The summed E-state index contributed by atoms with van der Waals surface area (Å²) in [6, 6.07) is 1.24. The Morgan fingerprint density at radius 2 is 1.74 bits per heavy atom. The molecule has 1 aromatic rings. The predicted molar refractivity (Wildman–Crippen MR) is 140 cm³/mol. The van der Waals surface area contributed by atoms with Gasteiger partial charge in [-0.2, -0.15) is 0 Å². The minimum atomic E-state index is -2.27. The van der Waals surface area contributed by atoms with Crippen LogP contribution in [0.25, 0.3) is 0 Å². The molecule has 9 nitrogen and oxygen atoms in total. The van der Waals surface area contributed by atoms with Gasteiger partial charge >= 0.3 is 5.69 Å². The van der Waals surface area contributed by atoms with Gasteiger partial charge in [0.05, 0.1) is 13.2 Å². The zero-order valence-electron chi connectivity index (χ0n) is 23.5. The summed E-state index contributed by atoms with van der Waals surface area (Å²) in [5.74, 6) is 0. The summed E-state index contributed by atoms with van der Waals surface area (Å²) >= 11 is 0. The Labute approximate surface area is 210 Å². The number of H-pyrrole nitrogens is 1. The summed E-state index contributed by atoms with van der Waals surface area (Å²) in [6.45, 7) is 20.1. The number of rotatable bonds is 10. The van der Waals surface area contributed by atoms with E-state index in [-0.39, 0.29) is 22.6 Å². The molecule has 1 unspecified atom stereocenters. The van der Waals surface area contributed by atoms with Crippen molar-refractivity contribution in [3.8, 4) is 0 Å². The van der Waals surface area contributed by atoms with Crippen molar-refractivity contribution < 1.29 is 19.0 Å². The average Bonchev–Trinajstić information content (AvgIpc) is 2.95. The Morgan fingerprint density at radius 3 is 2.26 bits per heavy atom. The second-order valence-corrected chi connectivity index (χ2v) is 17.7. The Hall–Kier alpha value is -1.30. The zero-order valence-corrected chi connectivity index (χ0v) is 24.5. The molecule has 0 bridgehead atoms. The fraction of sp³-hybridized carbons (Fsp3) is 0.840. The van der Waals surface area contributed by atoms with Crippen LogP contribution in [0.3, 0.4) is 0 Å². The van der Waals surface area contributed by atoms with Crippen LogP contribution in [-0.2, 0) is 13.9 Å². The van der Waals surface area contributed by atoms with Gasteiger partial charge in [-0.05, 0) is 57.9 Å². The first kappa shape index (κ1) is 29.9. The third kappa shape index (κ3) is 7.36. The molecule has 202 valence electrons. The number of aliphatic hydroxyl groups is 1. The van der Waals surface area contributed by atoms with Crippen molar-refractivity contribution in [2.45, 2.75) is 103 Å². The van der Waals surface area contributed by atoms with Gasteiger partial charge in [-0.1, -0.05) is 34.6 Å². The van der Waals surface area contributed by atoms with Crippen molar-refractivity contribution >= 4 is 8.32 Å². The fourth-order valence-corrected chi connectivity index (χ4v) is 5.53. The van der Waals surface area contributed by atoms with Gasteiger partial charge in [0.2, 0.25) is 0 Å². The number of hydrogen-bond donors (Lipinski definition) is 2. The largest absolute Gasteiger partial charge is 0.408 e. The van der Waals surface area contributed by atoms with E-state index in [1.807, 2.05) is 0 Å². The van der Waals surface area contributed by atoms with Gasteiger partial charge in [-0.25, -0.2) is 4.79 Å². The molecule has 2 rings (SSSR count). The van der Waals surface area contributed by atoms with Crippen molar-refractivity contribution in [2.75, 3.05) is 27.3 Å². The molecule has 0 amide bonds. The van der Waals surface area contributed by atoms with E-state index < -0.39 is 44.1 Å². The van der Waals surface area contributed by atoms with Crippen LogP contribution >= 0.6 is 0 Å². The highest BCUT2D eigenvalue weighted by atomic mass is 28.4. The molecule has 1 aromatic heterocycles. The SMILES string of the molecule is CN(C)C(C)(C)CC(C)(C)COC[C@H]1O[C@@H](n2ccc(=O)[nH]c2=O)[C@@H](O)C1O[Si](C)(C)C(C)(C)C. The summed E-state index contributed by atoms with van der Waals surface area (Å²) in [5.41, 5.74) is -1.22. The molecular weight excluding hydrogens is 466 g/mol. The number of nitrogens with one attached hydrogen (secondary N) is 1. The Morgan fingerprint density at radius 1 is 1.14 bits per heavy atom. The van der Waals surface area contributed by atoms with Crippen LogP contribution < -0.4 is 11.2 Å². The highest BCUT2D eigenvalue weighted by Gasteiger charge is 2.50. The van der Waals surface area contributed by atoms with Crippen LogP contribution in [0.4, 0.5) is 0 Å². The van der Waals surface area contributed by atoms with E-state index in [1.54, 1.807) is 0 Å². The van der Waals surface area contributed by atoms with Crippen LogP contribution in [-0.4, -0.2) is 79.0 Å². The first-order valence-electron chi connectivity index (χ1n) is 12.4. The second kappa shape index (κ2) is 10.6. The predicted octanol–water partition coefficient (Wildman–Crippen LogP) is 2.96. The number of aromatic amines is 1. The first-order chi connectivity index (χ1) is 15.8. The molecule has 4 atom stereocenters. The summed E-state index contributed by atoms with van der Waals surface area (Å²) in [6.07, 6.45) is -1.04. The molecule has 10 heteroatoms. The highest BCUT2D eigenvalue weighted by Crippen LogP contribution is 2.41. The molecule has 2 N–H and O–H groups in total. The van der Waals surface area contributed by atoms with Crippen LogP contribution in [0.1, 0.15) is 61.1 Å². The van der Waals surface area contributed by atoms with Crippen molar-refractivity contribution in [1.82, 2.24) is 14.5 Å². The first-order valence-corrected chi connectivity index (χ1v) is 15.3. The van der Waals surface area contributed by atoms with E-state index in [0.717, 1.165) is 6.42 Å². The van der Waals surface area contributed by atoms with E-state index in [9.17, 15) is 14.7 Å². The molecule has 1 fully saturated rings. The molecular formula is C25H47N3O6Si. The maximum Gasteiger partial charge on any atom is 0.330 e. The normalized spacial score (nSPS) is 24.4. The quantitative estimate of drug-likeness (QED) is 0.463. The monoisotopic (exact) mass is 513 g/mol. The minimum absolute atomic E-state index is 0.0113. The molecule has 1 saturated heterocycles. The maximum atomic E-state index is 12.4. The molecule has 1 aliphatic heterocycles. The molecule has 0 aromatic carbocycles. The lowest BCUT2D eigenvalue weighted by Crippen LogP contribution is -2.50. The minimum Gasteiger partial charge on any atom is -0.408 e. The van der Waals surface area contributed by atoms with E-state index in [0.29, 0.717) is 6.61 Å². The van der Waals surface area contributed by atoms with Crippen molar-refractivity contribution in [2.24, 2.45) is 5.41 Å². The Balaban J connectivity index is 2.23. The van der Waals surface area contributed by atoms with Crippen molar-refractivity contribution in [3.05, 3.63) is 33.1 Å². The summed E-state index contributed by atoms with van der Waals surface area (Å²) in [7, 11) is 1.88. The number of nitrogens with zero attached hydrogens (tertiary/aromatic N) is 2. The number of aliphatic hydroxyl groups excluding tert-OH is 1. The van der Waals surface area contributed by atoms with Gasteiger partial charge in [0.1, 0.15) is 18.3 Å². The molecule has 0 radical (unpaired) electrons. The number of aromatic nitrogens is 2. The topological polar surface area (TPSA) is 106 Å². The van der Waals surface area contributed by atoms with Crippen LogP contribution in [0.5, 0.6) is 0 Å². The summed E-state index contributed by atoms with van der Waals surface area (Å²) in [4.78, 5) is 28.4. The zero-order chi connectivity index (χ0) is 27.0. The van der Waals surface area contributed by atoms with Crippen LogP contribution in [0.15, 0.2) is 21.9 Å². The van der Waals surface area contributed by atoms with E-state index in [4.69, 9.17) is 13.9 Å². The van der Waals surface area contributed by atoms with E-state index in [1.165, 1.54) is 16.8 Å². The summed E-state index contributed by atoms with van der Waals surface area (Å²) in [5, 5.41) is 11.1. The lowest BCUT2D eigenvalue weighted by atomic mass is 9.80. The lowest BCUT2D eigenvalue weighted by Gasteiger charge is -2.40. The van der Waals surface area contributed by atoms with E-state index in [2.05, 4.69) is 85.5 Å². The molecule has 2 heterocycles. The Kier molecular flexibility index (Phi) is 9.05. The van der Waals surface area contributed by atoms with Gasteiger partial charge in [0, 0.05) is 17.8 Å². The third-order valence-corrected chi connectivity index (χ3v) is 12.0. The standard InChI is InChI=1S/C25H47N3O6Si/c1-23(2,3)35(10,11)34-20-17(14-32-16-24(4,5)15-25(6,7)27(8)9)33-21(19(20)30)28-13-12-18(29)26-22(28)31/h12-13,17,19-21,30H,14-16H2,1-11H3,(H,26,29,31)/t17-,19+,20?,21-/m1/s1. The maximum absolute atomic E-state index is 12.4. The summed E-state index contributed by atoms with van der Waals surface area (Å²) < 4.78 is 20.1. The van der Waals surface area contributed by atoms with Gasteiger partial charge in [-0.15, -0.1) is 0 Å². The third-order valence-electron chi connectivity index (χ3n) is 7.57. The molecule has 0 saturated carbocycles. The second-order valence-electron chi connectivity index (χ2n) is 13.0. The number of ether oxygens (including phenoxy) is 2. The van der Waals surface area contributed by atoms with Crippen LogP contribution in [0.2, 0.25) is 18.1 Å². The average molecular weight is 514 g/mol. The van der Waals surface area contributed by atoms with Crippen LogP contribution in [0, 0.1) is 5.41 Å².